The third kappa shape index (κ3) is 4.22. The molecule has 0 unspecified atom stereocenters. The van der Waals surface area contributed by atoms with E-state index >= 15 is 0 Å². The fourth-order valence-corrected chi connectivity index (χ4v) is 3.37. The van der Waals surface area contributed by atoms with E-state index in [1.54, 1.807) is 7.11 Å². The predicted molar refractivity (Wildman–Crippen MR) is 83.6 cm³/mol. The van der Waals surface area contributed by atoms with Gasteiger partial charge in [-0.2, -0.15) is 0 Å². The Morgan fingerprint density at radius 3 is 2.74 bits per heavy atom. The van der Waals surface area contributed by atoms with Crippen LogP contribution in [0.25, 0.3) is 0 Å². The van der Waals surface area contributed by atoms with E-state index in [0.717, 1.165) is 22.7 Å². The van der Waals surface area contributed by atoms with Crippen LogP contribution in [0.1, 0.15) is 44.6 Å². The number of nitrogens with one attached hydrogen (secondary N) is 1. The van der Waals surface area contributed by atoms with Crippen LogP contribution in [0.3, 0.4) is 0 Å². The fourth-order valence-electron chi connectivity index (χ4n) is 2.96. The van der Waals surface area contributed by atoms with E-state index in [2.05, 4.69) is 34.2 Å². The molecule has 0 bridgehead atoms. The Morgan fingerprint density at radius 2 is 2.05 bits per heavy atom. The van der Waals surface area contributed by atoms with Gasteiger partial charge in [0.2, 0.25) is 0 Å². The maximum Gasteiger partial charge on any atom is 0.123 e. The van der Waals surface area contributed by atoms with Gasteiger partial charge < -0.3 is 10.1 Å². The summed E-state index contributed by atoms with van der Waals surface area (Å²) in [5.41, 5.74) is 1.22. The van der Waals surface area contributed by atoms with E-state index < -0.39 is 0 Å². The van der Waals surface area contributed by atoms with Crippen LogP contribution in [-0.4, -0.2) is 13.2 Å². The molecule has 1 aromatic carbocycles. The minimum Gasteiger partial charge on any atom is -0.496 e. The van der Waals surface area contributed by atoms with Crippen LogP contribution in [0, 0.1) is 5.92 Å². The summed E-state index contributed by atoms with van der Waals surface area (Å²) in [6, 6.07) is 6.77. The zero-order chi connectivity index (χ0) is 13.7. The van der Waals surface area contributed by atoms with Gasteiger partial charge in [-0.25, -0.2) is 0 Å². The van der Waals surface area contributed by atoms with Crippen molar-refractivity contribution < 1.29 is 4.74 Å². The lowest BCUT2D eigenvalue weighted by molar-refractivity contribution is 0.279. The summed E-state index contributed by atoms with van der Waals surface area (Å²) < 4.78 is 6.52. The van der Waals surface area contributed by atoms with Crippen molar-refractivity contribution in [3.05, 3.63) is 28.2 Å². The molecule has 0 heterocycles. The Hall–Kier alpha value is -0.540. The average Bonchev–Trinajstić information content (AvgIpc) is 2.46. The van der Waals surface area contributed by atoms with Gasteiger partial charge in [-0.1, -0.05) is 35.2 Å². The van der Waals surface area contributed by atoms with Crippen molar-refractivity contribution in [2.75, 3.05) is 7.11 Å². The largest absolute Gasteiger partial charge is 0.496 e. The minimum atomic E-state index is 0.587. The van der Waals surface area contributed by atoms with E-state index in [-0.39, 0.29) is 0 Å². The van der Waals surface area contributed by atoms with Crippen molar-refractivity contribution in [2.24, 2.45) is 5.92 Å². The topological polar surface area (TPSA) is 21.3 Å². The highest BCUT2D eigenvalue weighted by Gasteiger charge is 2.19. The van der Waals surface area contributed by atoms with E-state index in [1.165, 1.54) is 37.7 Å². The smallest absolute Gasteiger partial charge is 0.123 e. The molecule has 0 amide bonds. The molecule has 0 aliphatic heterocycles. The third-order valence-electron chi connectivity index (χ3n) is 4.21. The van der Waals surface area contributed by atoms with Crippen LogP contribution in [-0.2, 0) is 6.54 Å². The number of methoxy groups -OCH3 is 1. The van der Waals surface area contributed by atoms with Gasteiger partial charge in [0.05, 0.1) is 7.11 Å². The van der Waals surface area contributed by atoms with Crippen LogP contribution in [0.15, 0.2) is 22.7 Å². The molecule has 1 N–H and O–H groups in total. The molecule has 1 aromatic rings. The molecule has 1 aliphatic rings. The van der Waals surface area contributed by atoms with Gasteiger partial charge in [0.1, 0.15) is 5.75 Å². The lowest BCUT2D eigenvalue weighted by Gasteiger charge is -2.28. The lowest BCUT2D eigenvalue weighted by atomic mass is 9.84. The molecular weight excluding hydrogens is 302 g/mol. The summed E-state index contributed by atoms with van der Waals surface area (Å²) in [5, 5.41) is 3.67. The van der Waals surface area contributed by atoms with E-state index in [9.17, 15) is 0 Å². The van der Waals surface area contributed by atoms with Gasteiger partial charge in [-0.05, 0) is 43.9 Å². The number of hydrogen-bond acceptors (Lipinski definition) is 2. The van der Waals surface area contributed by atoms with Crippen molar-refractivity contribution in [1.82, 2.24) is 5.32 Å². The van der Waals surface area contributed by atoms with Gasteiger partial charge >= 0.3 is 0 Å². The van der Waals surface area contributed by atoms with Crippen molar-refractivity contribution in [1.29, 1.82) is 0 Å². The zero-order valence-electron chi connectivity index (χ0n) is 11.9. The molecule has 0 saturated heterocycles. The summed E-state index contributed by atoms with van der Waals surface area (Å²) in [6.07, 6.45) is 6.98. The van der Waals surface area contributed by atoms with Gasteiger partial charge in [-0.3, -0.25) is 0 Å². The van der Waals surface area contributed by atoms with Crippen molar-refractivity contribution in [3.8, 4) is 5.75 Å². The van der Waals surface area contributed by atoms with Crippen LogP contribution < -0.4 is 10.1 Å². The first kappa shape index (κ1) is 14.9. The number of rotatable bonds is 5. The summed E-state index contributed by atoms with van der Waals surface area (Å²) in [6.45, 7) is 3.20. The van der Waals surface area contributed by atoms with Gasteiger partial charge in [0.15, 0.2) is 0 Å². The number of halogens is 1. The molecule has 0 spiro atoms. The van der Waals surface area contributed by atoms with Gasteiger partial charge in [0.25, 0.3) is 0 Å². The van der Waals surface area contributed by atoms with Crippen LogP contribution in [0.2, 0.25) is 0 Å². The Morgan fingerprint density at radius 1 is 1.32 bits per heavy atom. The van der Waals surface area contributed by atoms with Crippen LogP contribution in [0.4, 0.5) is 0 Å². The van der Waals surface area contributed by atoms with Gasteiger partial charge in [0, 0.05) is 22.6 Å². The molecule has 2 rings (SSSR count). The molecule has 1 saturated carbocycles. The van der Waals surface area contributed by atoms with Crippen LogP contribution in [0.5, 0.6) is 5.75 Å². The third-order valence-corrected chi connectivity index (χ3v) is 4.71. The second-order valence-corrected chi connectivity index (χ2v) is 6.44. The van der Waals surface area contributed by atoms with Crippen molar-refractivity contribution in [2.45, 2.75) is 51.6 Å². The highest BCUT2D eigenvalue weighted by Crippen LogP contribution is 2.27. The summed E-state index contributed by atoms with van der Waals surface area (Å²) >= 11 is 3.53. The average molecular weight is 326 g/mol. The first-order chi connectivity index (χ1) is 9.20. The normalized spacial score (nSPS) is 18.3. The zero-order valence-corrected chi connectivity index (χ0v) is 13.5. The quantitative estimate of drug-likeness (QED) is 0.859. The molecule has 1 atom stereocenters. The predicted octanol–water partition coefficient (Wildman–Crippen LogP) is 4.52. The first-order valence-electron chi connectivity index (χ1n) is 7.26. The maximum absolute atomic E-state index is 5.42. The molecule has 19 heavy (non-hydrogen) atoms. The number of benzene rings is 1. The maximum atomic E-state index is 5.42. The number of ether oxygens (including phenoxy) is 1. The molecule has 1 fully saturated rings. The summed E-state index contributed by atoms with van der Waals surface area (Å²) in [5.74, 6) is 1.80. The highest BCUT2D eigenvalue weighted by atomic mass is 79.9. The van der Waals surface area contributed by atoms with Crippen molar-refractivity contribution in [3.63, 3.8) is 0 Å². The molecule has 3 heteroatoms. The second kappa shape index (κ2) is 7.30. The monoisotopic (exact) mass is 325 g/mol. The van der Waals surface area contributed by atoms with E-state index in [1.807, 2.05) is 12.1 Å². The van der Waals surface area contributed by atoms with E-state index in [4.69, 9.17) is 4.74 Å². The Balaban J connectivity index is 1.92. The molecule has 0 aromatic heterocycles. The Bertz CT molecular complexity index is 402. The van der Waals surface area contributed by atoms with Crippen molar-refractivity contribution >= 4 is 15.9 Å². The minimum absolute atomic E-state index is 0.587. The summed E-state index contributed by atoms with van der Waals surface area (Å²) in [4.78, 5) is 0. The molecular formula is C16H24BrNO. The summed E-state index contributed by atoms with van der Waals surface area (Å²) in [7, 11) is 1.73. The molecule has 106 valence electrons. The fraction of sp³-hybridized carbons (Fsp3) is 0.625. The van der Waals surface area contributed by atoms with Gasteiger partial charge in [-0.15, -0.1) is 0 Å². The first-order valence-corrected chi connectivity index (χ1v) is 8.06. The van der Waals surface area contributed by atoms with E-state index in [0.29, 0.717) is 6.04 Å². The molecule has 1 aliphatic carbocycles. The Kier molecular flexibility index (Phi) is 5.71. The second-order valence-electron chi connectivity index (χ2n) is 5.52. The standard InChI is InChI=1S/C16H24BrNO/c1-12(13-6-4-3-5-7-13)18-11-14-10-15(17)8-9-16(14)19-2/h8-10,12-13,18H,3-7,11H2,1-2H3/t12-/m1/s1. The number of hydrogen-bond donors (Lipinski definition) is 1. The van der Waals surface area contributed by atoms with Crippen LogP contribution >= 0.6 is 15.9 Å². The molecule has 2 nitrogen and oxygen atoms in total. The highest BCUT2D eigenvalue weighted by molar-refractivity contribution is 9.10. The lowest BCUT2D eigenvalue weighted by Crippen LogP contribution is -2.34. The SMILES string of the molecule is COc1ccc(Br)cc1CN[C@H](C)C1CCCCC1. The molecule has 0 radical (unpaired) electrons. The Labute approximate surface area is 125 Å².